The van der Waals surface area contributed by atoms with Crippen LogP contribution in [-0.4, -0.2) is 42.2 Å². The second kappa shape index (κ2) is 12.6. The van der Waals surface area contributed by atoms with Crippen molar-refractivity contribution in [2.45, 2.75) is 32.4 Å². The number of aromatic nitrogens is 2. The van der Waals surface area contributed by atoms with E-state index in [-0.39, 0.29) is 5.91 Å². The summed E-state index contributed by atoms with van der Waals surface area (Å²) in [6.07, 6.45) is 5.34. The van der Waals surface area contributed by atoms with Crippen LogP contribution in [0, 0.1) is 13.8 Å². The van der Waals surface area contributed by atoms with Gasteiger partial charge in [-0.2, -0.15) is 0 Å². The van der Waals surface area contributed by atoms with Gasteiger partial charge in [0.1, 0.15) is 11.4 Å². The van der Waals surface area contributed by atoms with Gasteiger partial charge in [0.2, 0.25) is 0 Å². The number of carbonyl (C=O) groups excluding carboxylic acids is 1. The van der Waals surface area contributed by atoms with Gasteiger partial charge in [0.15, 0.2) is 0 Å². The molecule has 8 heteroatoms. The summed E-state index contributed by atoms with van der Waals surface area (Å²) in [5.41, 5.74) is 6.95. The molecule has 1 aliphatic rings. The molecule has 3 heterocycles. The molecule has 2 aromatic heterocycles. The summed E-state index contributed by atoms with van der Waals surface area (Å²) >= 11 is 6.99. The number of carbonyl (C=O) groups is 1. The maximum Gasteiger partial charge on any atom is 0.274 e. The zero-order valence-electron chi connectivity index (χ0n) is 22.7. The van der Waals surface area contributed by atoms with Gasteiger partial charge in [-0.15, -0.1) is 0 Å². The van der Waals surface area contributed by atoms with Crippen LogP contribution in [-0.2, 0) is 11.3 Å². The summed E-state index contributed by atoms with van der Waals surface area (Å²) in [6, 6.07) is 17.5. The van der Waals surface area contributed by atoms with Crippen molar-refractivity contribution >= 4 is 23.2 Å². The number of hydrogen-bond acceptors (Lipinski definition) is 6. The third-order valence-electron chi connectivity index (χ3n) is 7.18. The van der Waals surface area contributed by atoms with E-state index < -0.39 is 0 Å². The topological polar surface area (TPSA) is 85.4 Å². The minimum Gasteiger partial charge on any atom is -0.496 e. The van der Waals surface area contributed by atoms with Crippen molar-refractivity contribution < 1.29 is 14.3 Å². The van der Waals surface area contributed by atoms with Crippen LogP contribution in [0.5, 0.6) is 5.75 Å². The van der Waals surface area contributed by atoms with Crippen LogP contribution in [0.1, 0.15) is 40.0 Å². The molecule has 5 rings (SSSR count). The van der Waals surface area contributed by atoms with Crippen molar-refractivity contribution in [1.29, 1.82) is 0 Å². The van der Waals surface area contributed by atoms with E-state index in [0.717, 1.165) is 65.2 Å². The van der Waals surface area contributed by atoms with E-state index in [1.54, 1.807) is 31.6 Å². The molecule has 0 spiro atoms. The third-order valence-corrected chi connectivity index (χ3v) is 7.56. The normalized spacial score (nSPS) is 13.7. The highest BCUT2D eigenvalue weighted by Gasteiger charge is 2.18. The van der Waals surface area contributed by atoms with E-state index in [1.165, 1.54) is 0 Å². The molecule has 1 radical (unpaired) electrons. The van der Waals surface area contributed by atoms with Crippen LogP contribution in [0.3, 0.4) is 0 Å². The van der Waals surface area contributed by atoms with Crippen molar-refractivity contribution in [1.82, 2.24) is 15.3 Å². The third kappa shape index (κ3) is 6.17. The number of rotatable bonds is 8. The van der Waals surface area contributed by atoms with Gasteiger partial charge in [0.05, 0.1) is 17.8 Å². The SMILES string of the molecule is [CH2]c1ccc(C(=O)Nc2cccc(-c3ccnc(-c4ccc(CNC5CCOCC5)c(OC)c4)c3Cl)c2C)nc1. The molecule has 1 saturated heterocycles. The molecule has 0 unspecified atom stereocenters. The van der Waals surface area contributed by atoms with Crippen LogP contribution in [0.15, 0.2) is 67.0 Å². The van der Waals surface area contributed by atoms with Gasteiger partial charge in [-0.05, 0) is 67.6 Å². The molecule has 1 fully saturated rings. The largest absolute Gasteiger partial charge is 0.496 e. The Hall–Kier alpha value is -3.78. The lowest BCUT2D eigenvalue weighted by Gasteiger charge is -2.23. The minimum absolute atomic E-state index is 0.291. The number of halogens is 1. The number of nitrogens with zero attached hydrogens (tertiary/aromatic N) is 2. The zero-order valence-corrected chi connectivity index (χ0v) is 23.4. The summed E-state index contributed by atoms with van der Waals surface area (Å²) < 4.78 is 11.2. The lowest BCUT2D eigenvalue weighted by molar-refractivity contribution is 0.0775. The second-order valence-corrected chi connectivity index (χ2v) is 10.2. The van der Waals surface area contributed by atoms with Gasteiger partial charge in [-0.3, -0.25) is 14.8 Å². The van der Waals surface area contributed by atoms with Crippen LogP contribution >= 0.6 is 11.6 Å². The number of hydrogen-bond donors (Lipinski definition) is 2. The van der Waals surface area contributed by atoms with E-state index in [4.69, 9.17) is 21.1 Å². The lowest BCUT2D eigenvalue weighted by atomic mass is 9.97. The fourth-order valence-corrected chi connectivity index (χ4v) is 5.18. The van der Waals surface area contributed by atoms with Gasteiger partial charge >= 0.3 is 0 Å². The standard InChI is InChI=1S/C32H32ClN4O3/c1-20-7-10-28(36-18-20)32(38)37-27-6-4-5-25(21(27)2)26-11-14-34-31(30(26)33)22-8-9-23(29(17-22)39-3)19-35-24-12-15-40-16-13-24/h4-11,14,17-18,24,35H,1,12-13,15-16,19H2,2-3H3,(H,37,38). The lowest BCUT2D eigenvalue weighted by Crippen LogP contribution is -2.34. The van der Waals surface area contributed by atoms with Crippen molar-refractivity contribution in [3.8, 4) is 28.1 Å². The molecular formula is C32H32ClN4O3. The molecular weight excluding hydrogens is 524 g/mol. The fraction of sp³-hybridized carbons (Fsp3) is 0.250. The predicted molar refractivity (Wildman–Crippen MR) is 159 cm³/mol. The Morgan fingerprint density at radius 3 is 2.67 bits per heavy atom. The molecule has 1 amide bonds. The summed E-state index contributed by atoms with van der Waals surface area (Å²) in [5.74, 6) is 0.488. The summed E-state index contributed by atoms with van der Waals surface area (Å²) in [6.45, 7) is 8.07. The summed E-state index contributed by atoms with van der Waals surface area (Å²) in [7, 11) is 1.68. The Balaban J connectivity index is 1.40. The van der Waals surface area contributed by atoms with E-state index in [2.05, 4.69) is 33.6 Å². The zero-order chi connectivity index (χ0) is 28.1. The first-order chi connectivity index (χ1) is 19.4. The quantitative estimate of drug-likeness (QED) is 0.259. The van der Waals surface area contributed by atoms with Crippen LogP contribution in [0.25, 0.3) is 22.4 Å². The molecule has 0 saturated carbocycles. The van der Waals surface area contributed by atoms with Crippen molar-refractivity contribution in [2.75, 3.05) is 25.6 Å². The molecule has 2 aromatic carbocycles. The maximum atomic E-state index is 12.8. The first-order valence-corrected chi connectivity index (χ1v) is 13.6. The first kappa shape index (κ1) is 27.8. The molecule has 1 aliphatic heterocycles. The summed E-state index contributed by atoms with van der Waals surface area (Å²) in [4.78, 5) is 21.6. The fourth-order valence-electron chi connectivity index (χ4n) is 4.85. The van der Waals surface area contributed by atoms with Gasteiger partial charge < -0.3 is 20.1 Å². The molecule has 0 aliphatic carbocycles. The van der Waals surface area contributed by atoms with Gasteiger partial charge in [0.25, 0.3) is 5.91 Å². The number of benzene rings is 2. The number of methoxy groups -OCH3 is 1. The molecule has 205 valence electrons. The number of nitrogens with one attached hydrogen (secondary N) is 2. The Kier molecular flexibility index (Phi) is 8.75. The molecule has 0 bridgehead atoms. The van der Waals surface area contributed by atoms with E-state index in [0.29, 0.717) is 34.7 Å². The second-order valence-electron chi connectivity index (χ2n) is 9.80. The highest BCUT2D eigenvalue weighted by Crippen LogP contribution is 2.39. The Bertz CT molecular complexity index is 1500. The van der Waals surface area contributed by atoms with Crippen LogP contribution < -0.4 is 15.4 Å². The highest BCUT2D eigenvalue weighted by atomic mass is 35.5. The van der Waals surface area contributed by atoms with Crippen molar-refractivity contribution in [2.24, 2.45) is 0 Å². The monoisotopic (exact) mass is 555 g/mol. The number of anilines is 1. The van der Waals surface area contributed by atoms with Gasteiger partial charge in [-0.1, -0.05) is 41.9 Å². The number of pyridine rings is 2. The first-order valence-electron chi connectivity index (χ1n) is 13.3. The predicted octanol–water partition coefficient (Wildman–Crippen LogP) is 6.48. The average Bonchev–Trinajstić information content (AvgIpc) is 2.98. The van der Waals surface area contributed by atoms with Crippen molar-refractivity contribution in [3.63, 3.8) is 0 Å². The van der Waals surface area contributed by atoms with Crippen molar-refractivity contribution in [3.05, 3.63) is 101 Å². The van der Waals surface area contributed by atoms with E-state index >= 15 is 0 Å². The van der Waals surface area contributed by atoms with E-state index in [9.17, 15) is 4.79 Å². The molecule has 7 nitrogen and oxygen atoms in total. The number of amides is 1. The molecule has 0 atom stereocenters. The Morgan fingerprint density at radius 2 is 1.93 bits per heavy atom. The average molecular weight is 556 g/mol. The smallest absolute Gasteiger partial charge is 0.274 e. The molecule has 4 aromatic rings. The molecule has 40 heavy (non-hydrogen) atoms. The van der Waals surface area contributed by atoms with Gasteiger partial charge in [-0.25, -0.2) is 0 Å². The minimum atomic E-state index is -0.291. The maximum absolute atomic E-state index is 12.8. The Labute approximate surface area is 239 Å². The van der Waals surface area contributed by atoms with Crippen LogP contribution in [0.2, 0.25) is 5.02 Å². The number of ether oxygens (including phenoxy) is 2. The molecule has 2 N–H and O–H groups in total. The van der Waals surface area contributed by atoms with Crippen LogP contribution in [0.4, 0.5) is 5.69 Å². The highest BCUT2D eigenvalue weighted by molar-refractivity contribution is 6.35. The Morgan fingerprint density at radius 1 is 1.10 bits per heavy atom. The summed E-state index contributed by atoms with van der Waals surface area (Å²) in [5, 5.41) is 7.11. The van der Waals surface area contributed by atoms with Gasteiger partial charge in [0, 0.05) is 60.6 Å². The van der Waals surface area contributed by atoms with E-state index in [1.807, 2.05) is 43.3 Å².